The van der Waals surface area contributed by atoms with E-state index in [1.165, 1.54) is 0 Å². The molecule has 3 N–H and O–H groups in total. The third-order valence-corrected chi connectivity index (χ3v) is 2.83. The SMILES string of the molecule is CCCC(C)NC(=O)C(C)NC(CCC)C(=O)O.Cl. The lowest BCUT2D eigenvalue weighted by atomic mass is 10.1. The molecule has 0 fully saturated rings. The van der Waals surface area contributed by atoms with Gasteiger partial charge in [-0.15, -0.1) is 12.4 Å². The van der Waals surface area contributed by atoms with Crippen LogP contribution >= 0.6 is 12.4 Å². The van der Waals surface area contributed by atoms with E-state index < -0.39 is 18.1 Å². The smallest absolute Gasteiger partial charge is 0.320 e. The van der Waals surface area contributed by atoms with Gasteiger partial charge < -0.3 is 10.4 Å². The third-order valence-electron chi connectivity index (χ3n) is 2.83. The second-order valence-electron chi connectivity index (χ2n) is 4.77. The maximum Gasteiger partial charge on any atom is 0.320 e. The number of rotatable bonds is 9. The van der Waals surface area contributed by atoms with Gasteiger partial charge in [-0.2, -0.15) is 0 Å². The molecule has 0 saturated heterocycles. The van der Waals surface area contributed by atoms with Crippen LogP contribution in [-0.2, 0) is 9.59 Å². The van der Waals surface area contributed by atoms with Crippen LogP contribution in [0.2, 0.25) is 0 Å². The molecule has 0 spiro atoms. The number of amides is 1. The average molecular weight is 295 g/mol. The van der Waals surface area contributed by atoms with Crippen molar-refractivity contribution in [3.8, 4) is 0 Å². The molecular weight excluding hydrogens is 268 g/mol. The van der Waals surface area contributed by atoms with Gasteiger partial charge in [0.15, 0.2) is 0 Å². The van der Waals surface area contributed by atoms with E-state index in [0.717, 1.165) is 19.3 Å². The molecule has 0 aromatic heterocycles. The molecule has 0 aliphatic heterocycles. The molecule has 0 saturated carbocycles. The summed E-state index contributed by atoms with van der Waals surface area (Å²) in [6.45, 7) is 7.63. The van der Waals surface area contributed by atoms with Crippen molar-refractivity contribution in [3.63, 3.8) is 0 Å². The molecule has 0 heterocycles. The zero-order valence-electron chi connectivity index (χ0n) is 12.2. The summed E-state index contributed by atoms with van der Waals surface area (Å²) in [5.41, 5.74) is 0. The first kappa shape index (κ1) is 20.5. The van der Waals surface area contributed by atoms with E-state index >= 15 is 0 Å². The predicted molar refractivity (Wildman–Crippen MR) is 78.7 cm³/mol. The van der Waals surface area contributed by atoms with Crippen molar-refractivity contribution >= 4 is 24.3 Å². The highest BCUT2D eigenvalue weighted by Crippen LogP contribution is 2.00. The molecule has 19 heavy (non-hydrogen) atoms. The second kappa shape index (κ2) is 11.1. The Labute approximate surface area is 121 Å². The Kier molecular flexibility index (Phi) is 11.9. The highest BCUT2D eigenvalue weighted by molar-refractivity contribution is 5.85. The van der Waals surface area contributed by atoms with Gasteiger partial charge in [0, 0.05) is 6.04 Å². The predicted octanol–water partition coefficient (Wildman–Crippen LogP) is 1.94. The summed E-state index contributed by atoms with van der Waals surface area (Å²) in [7, 11) is 0. The van der Waals surface area contributed by atoms with Crippen LogP contribution in [0.25, 0.3) is 0 Å². The molecule has 0 aromatic rings. The van der Waals surface area contributed by atoms with Gasteiger partial charge in [0.25, 0.3) is 0 Å². The standard InChI is InChI=1S/C13H26N2O3.ClH/c1-5-7-9(3)14-12(16)10(4)15-11(8-6-2)13(17)18;/h9-11,15H,5-8H2,1-4H3,(H,14,16)(H,17,18);1H. The van der Waals surface area contributed by atoms with E-state index in [4.69, 9.17) is 5.11 Å². The van der Waals surface area contributed by atoms with Crippen LogP contribution < -0.4 is 10.6 Å². The number of halogens is 1. The Morgan fingerprint density at radius 2 is 1.63 bits per heavy atom. The van der Waals surface area contributed by atoms with E-state index in [1.807, 2.05) is 13.8 Å². The zero-order valence-corrected chi connectivity index (χ0v) is 13.0. The summed E-state index contributed by atoms with van der Waals surface area (Å²) in [6.07, 6.45) is 3.23. The minimum Gasteiger partial charge on any atom is -0.480 e. The van der Waals surface area contributed by atoms with Crippen molar-refractivity contribution in [2.45, 2.75) is 71.5 Å². The van der Waals surface area contributed by atoms with Crippen molar-refractivity contribution < 1.29 is 14.7 Å². The normalized spacial score (nSPS) is 14.9. The van der Waals surface area contributed by atoms with Crippen molar-refractivity contribution in [3.05, 3.63) is 0 Å². The second-order valence-corrected chi connectivity index (χ2v) is 4.77. The Morgan fingerprint density at radius 1 is 1.11 bits per heavy atom. The fraction of sp³-hybridized carbons (Fsp3) is 0.846. The molecule has 3 unspecified atom stereocenters. The van der Waals surface area contributed by atoms with Crippen molar-refractivity contribution in [2.24, 2.45) is 0 Å². The van der Waals surface area contributed by atoms with Crippen molar-refractivity contribution in [1.82, 2.24) is 10.6 Å². The third kappa shape index (κ3) is 8.83. The highest BCUT2D eigenvalue weighted by Gasteiger charge is 2.22. The van der Waals surface area contributed by atoms with E-state index in [1.54, 1.807) is 6.92 Å². The van der Waals surface area contributed by atoms with Gasteiger partial charge >= 0.3 is 5.97 Å². The Hall–Kier alpha value is -0.810. The van der Waals surface area contributed by atoms with Crippen LogP contribution in [-0.4, -0.2) is 35.1 Å². The van der Waals surface area contributed by atoms with E-state index in [9.17, 15) is 9.59 Å². The highest BCUT2D eigenvalue weighted by atomic mass is 35.5. The van der Waals surface area contributed by atoms with Crippen LogP contribution in [0.15, 0.2) is 0 Å². The first-order chi connectivity index (χ1) is 8.42. The number of hydrogen-bond acceptors (Lipinski definition) is 3. The van der Waals surface area contributed by atoms with E-state index in [2.05, 4.69) is 17.6 Å². The molecule has 1 amide bonds. The molecule has 0 aromatic carbocycles. The molecule has 114 valence electrons. The Bertz CT molecular complexity index is 275. The minimum absolute atomic E-state index is 0. The molecule has 3 atom stereocenters. The first-order valence-electron chi connectivity index (χ1n) is 6.71. The van der Waals surface area contributed by atoms with Crippen LogP contribution in [0, 0.1) is 0 Å². The van der Waals surface area contributed by atoms with Crippen LogP contribution in [0.1, 0.15) is 53.4 Å². The first-order valence-corrected chi connectivity index (χ1v) is 6.71. The van der Waals surface area contributed by atoms with Crippen molar-refractivity contribution in [1.29, 1.82) is 0 Å². The molecule has 0 aliphatic carbocycles. The van der Waals surface area contributed by atoms with Gasteiger partial charge in [0.2, 0.25) is 5.91 Å². The fourth-order valence-corrected chi connectivity index (χ4v) is 1.82. The van der Waals surface area contributed by atoms with Crippen LogP contribution in [0.4, 0.5) is 0 Å². The summed E-state index contributed by atoms with van der Waals surface area (Å²) >= 11 is 0. The largest absolute Gasteiger partial charge is 0.480 e. The van der Waals surface area contributed by atoms with Gasteiger partial charge in [-0.05, 0) is 26.7 Å². The number of carbonyl (C=O) groups is 2. The number of nitrogens with one attached hydrogen (secondary N) is 2. The lowest BCUT2D eigenvalue weighted by Gasteiger charge is -2.21. The lowest BCUT2D eigenvalue weighted by molar-refractivity contribution is -0.140. The Morgan fingerprint density at radius 3 is 2.05 bits per heavy atom. The van der Waals surface area contributed by atoms with Gasteiger partial charge in [0.05, 0.1) is 6.04 Å². The molecule has 0 radical (unpaired) electrons. The lowest BCUT2D eigenvalue weighted by Crippen LogP contribution is -2.51. The molecule has 6 heteroatoms. The number of hydrogen-bond donors (Lipinski definition) is 3. The van der Waals surface area contributed by atoms with Crippen LogP contribution in [0.5, 0.6) is 0 Å². The minimum atomic E-state index is -0.905. The molecule has 5 nitrogen and oxygen atoms in total. The van der Waals surface area contributed by atoms with Gasteiger partial charge in [-0.1, -0.05) is 26.7 Å². The molecule has 0 bridgehead atoms. The molecule has 0 aliphatic rings. The van der Waals surface area contributed by atoms with Crippen LogP contribution in [0.3, 0.4) is 0 Å². The van der Waals surface area contributed by atoms with Gasteiger partial charge in [-0.3, -0.25) is 14.9 Å². The van der Waals surface area contributed by atoms with Gasteiger partial charge in [0.1, 0.15) is 6.04 Å². The summed E-state index contributed by atoms with van der Waals surface area (Å²) in [6, 6.07) is -1.02. The number of aliphatic carboxylic acids is 1. The number of carbonyl (C=O) groups excluding carboxylic acids is 1. The quantitative estimate of drug-likeness (QED) is 0.607. The van der Waals surface area contributed by atoms with E-state index in [-0.39, 0.29) is 24.4 Å². The Balaban J connectivity index is 0. The number of carboxylic acid groups (broad SMARTS) is 1. The topological polar surface area (TPSA) is 78.4 Å². The monoisotopic (exact) mass is 294 g/mol. The van der Waals surface area contributed by atoms with Crippen molar-refractivity contribution in [2.75, 3.05) is 0 Å². The van der Waals surface area contributed by atoms with Gasteiger partial charge in [-0.25, -0.2) is 0 Å². The molecular formula is C13H27ClN2O3. The summed E-state index contributed by atoms with van der Waals surface area (Å²) < 4.78 is 0. The maximum absolute atomic E-state index is 11.8. The fourth-order valence-electron chi connectivity index (χ4n) is 1.82. The van der Waals surface area contributed by atoms with E-state index in [0.29, 0.717) is 6.42 Å². The zero-order chi connectivity index (χ0) is 14.1. The summed E-state index contributed by atoms with van der Waals surface area (Å²) in [5.74, 6) is -1.04. The summed E-state index contributed by atoms with van der Waals surface area (Å²) in [5, 5.41) is 14.7. The number of carboxylic acids is 1. The average Bonchev–Trinajstić information content (AvgIpc) is 2.28. The maximum atomic E-state index is 11.8. The molecule has 0 rings (SSSR count). The summed E-state index contributed by atoms with van der Waals surface area (Å²) in [4.78, 5) is 22.8.